The van der Waals surface area contributed by atoms with Crippen molar-refractivity contribution in [3.8, 4) is 11.5 Å². The van der Waals surface area contributed by atoms with Gasteiger partial charge in [0.25, 0.3) is 0 Å². The van der Waals surface area contributed by atoms with Crippen LogP contribution in [0.5, 0.6) is 11.5 Å². The van der Waals surface area contributed by atoms with E-state index < -0.39 is 6.10 Å². The minimum Gasteiger partial charge on any atom is -0.495 e. The van der Waals surface area contributed by atoms with E-state index in [9.17, 15) is 5.11 Å². The lowest BCUT2D eigenvalue weighted by atomic mass is 10.0. The molecule has 2 aromatic carbocycles. The molecule has 0 radical (unpaired) electrons. The van der Waals surface area contributed by atoms with E-state index in [4.69, 9.17) is 32.7 Å². The number of rotatable bonds is 4. The minimum absolute atomic E-state index is 0.324. The highest BCUT2D eigenvalue weighted by Gasteiger charge is 2.20. The number of benzene rings is 2. The Hall–Kier alpha value is -0.940. The van der Waals surface area contributed by atoms with E-state index in [0.717, 1.165) is 0 Å². The zero-order valence-corrected chi connectivity index (χ0v) is 14.5. The monoisotopic (exact) mass is 390 g/mol. The molecule has 0 heterocycles. The maximum absolute atomic E-state index is 10.6. The second kappa shape index (κ2) is 6.88. The fourth-order valence-electron chi connectivity index (χ4n) is 2.00. The van der Waals surface area contributed by atoms with Gasteiger partial charge in [-0.05, 0) is 45.8 Å². The van der Waals surface area contributed by atoms with Crippen molar-refractivity contribution in [3.63, 3.8) is 0 Å². The van der Waals surface area contributed by atoms with Gasteiger partial charge < -0.3 is 14.6 Å². The lowest BCUT2D eigenvalue weighted by Crippen LogP contribution is -2.03. The van der Waals surface area contributed by atoms with Gasteiger partial charge in [-0.1, -0.05) is 29.3 Å². The van der Waals surface area contributed by atoms with Crippen LogP contribution in [0, 0.1) is 0 Å². The van der Waals surface area contributed by atoms with Crippen LogP contribution in [0.2, 0.25) is 10.0 Å². The predicted octanol–water partition coefficient (Wildman–Crippen LogP) is 4.85. The number of hydrogen-bond acceptors (Lipinski definition) is 3. The van der Waals surface area contributed by atoms with Gasteiger partial charge in [0, 0.05) is 10.0 Å². The van der Waals surface area contributed by atoms with Crippen LogP contribution < -0.4 is 9.47 Å². The first-order chi connectivity index (χ1) is 9.99. The van der Waals surface area contributed by atoms with Gasteiger partial charge in [0.1, 0.15) is 22.6 Å². The molecule has 2 rings (SSSR count). The summed E-state index contributed by atoms with van der Waals surface area (Å²) in [5.41, 5.74) is 1.23. The van der Waals surface area contributed by atoms with Crippen LogP contribution in [0.15, 0.2) is 34.8 Å². The third-order valence-electron chi connectivity index (χ3n) is 3.07. The van der Waals surface area contributed by atoms with E-state index in [1.54, 1.807) is 30.3 Å². The Balaban J connectivity index is 2.50. The molecule has 3 nitrogen and oxygen atoms in total. The Bertz CT molecular complexity index is 662. The second-order valence-electron chi connectivity index (χ2n) is 4.28. The summed E-state index contributed by atoms with van der Waals surface area (Å²) in [7, 11) is 3.02. The highest BCUT2D eigenvalue weighted by Crippen LogP contribution is 2.41. The first kappa shape index (κ1) is 16.4. The van der Waals surface area contributed by atoms with Crippen LogP contribution in [0.3, 0.4) is 0 Å². The highest BCUT2D eigenvalue weighted by molar-refractivity contribution is 9.10. The molecule has 0 saturated heterocycles. The van der Waals surface area contributed by atoms with Gasteiger partial charge in [-0.15, -0.1) is 0 Å². The van der Waals surface area contributed by atoms with Crippen molar-refractivity contribution in [2.75, 3.05) is 14.2 Å². The van der Waals surface area contributed by atoms with Gasteiger partial charge in [-0.2, -0.15) is 0 Å². The molecule has 0 aliphatic heterocycles. The molecule has 0 fully saturated rings. The Morgan fingerprint density at radius 3 is 2.38 bits per heavy atom. The quantitative estimate of drug-likeness (QED) is 0.809. The molecule has 0 spiro atoms. The van der Waals surface area contributed by atoms with Crippen molar-refractivity contribution in [2.24, 2.45) is 0 Å². The molecular formula is C15H13BrCl2O3. The summed E-state index contributed by atoms with van der Waals surface area (Å²) in [6.07, 6.45) is -0.892. The standard InChI is InChI=1S/C15H13BrCl2O3/c1-20-12-6-4-9(15(21-2)13(12)18)14(19)8-3-5-11(17)10(16)7-8/h3-7,14,19H,1-2H3. The van der Waals surface area contributed by atoms with E-state index >= 15 is 0 Å². The van der Waals surface area contributed by atoms with E-state index in [0.29, 0.717) is 37.1 Å². The van der Waals surface area contributed by atoms with Gasteiger partial charge in [-0.3, -0.25) is 0 Å². The van der Waals surface area contributed by atoms with Gasteiger partial charge in [0.05, 0.1) is 19.2 Å². The van der Waals surface area contributed by atoms with Gasteiger partial charge >= 0.3 is 0 Å². The molecule has 0 saturated carbocycles. The maximum Gasteiger partial charge on any atom is 0.147 e. The van der Waals surface area contributed by atoms with E-state index in [1.807, 2.05) is 0 Å². The fraction of sp³-hybridized carbons (Fsp3) is 0.200. The van der Waals surface area contributed by atoms with Gasteiger partial charge in [0.2, 0.25) is 0 Å². The SMILES string of the molecule is COc1ccc(C(O)c2ccc(Cl)c(Br)c2)c(OC)c1Cl. The molecule has 1 unspecified atom stereocenters. The van der Waals surface area contributed by atoms with Gasteiger partial charge in [-0.25, -0.2) is 0 Å². The van der Waals surface area contributed by atoms with E-state index in [1.165, 1.54) is 14.2 Å². The van der Waals surface area contributed by atoms with Crippen LogP contribution in [-0.2, 0) is 0 Å². The van der Waals surface area contributed by atoms with Crippen LogP contribution in [0.4, 0.5) is 0 Å². The topological polar surface area (TPSA) is 38.7 Å². The zero-order chi connectivity index (χ0) is 15.6. The highest BCUT2D eigenvalue weighted by atomic mass is 79.9. The number of halogens is 3. The molecule has 6 heteroatoms. The van der Waals surface area contributed by atoms with Crippen molar-refractivity contribution in [1.82, 2.24) is 0 Å². The van der Waals surface area contributed by atoms with Crippen molar-refractivity contribution < 1.29 is 14.6 Å². The summed E-state index contributed by atoms with van der Waals surface area (Å²) < 4.78 is 11.2. The average molecular weight is 392 g/mol. The number of methoxy groups -OCH3 is 2. The summed E-state index contributed by atoms with van der Waals surface area (Å²) in [6, 6.07) is 8.62. The smallest absolute Gasteiger partial charge is 0.147 e. The Morgan fingerprint density at radius 2 is 1.81 bits per heavy atom. The van der Waals surface area contributed by atoms with E-state index in [-0.39, 0.29) is 0 Å². The zero-order valence-electron chi connectivity index (χ0n) is 11.4. The first-order valence-electron chi connectivity index (χ1n) is 6.03. The normalized spacial score (nSPS) is 12.1. The Labute approximate surface area is 141 Å². The van der Waals surface area contributed by atoms with Crippen LogP contribution in [-0.4, -0.2) is 19.3 Å². The Kier molecular flexibility index (Phi) is 5.38. The van der Waals surface area contributed by atoms with Crippen molar-refractivity contribution >= 4 is 39.1 Å². The van der Waals surface area contributed by atoms with Crippen molar-refractivity contribution in [3.05, 3.63) is 56.0 Å². The number of aliphatic hydroxyl groups excluding tert-OH is 1. The summed E-state index contributed by atoms with van der Waals surface area (Å²) in [6.45, 7) is 0. The predicted molar refractivity (Wildman–Crippen MR) is 87.8 cm³/mol. The third-order valence-corrected chi connectivity index (χ3v) is 4.64. The third kappa shape index (κ3) is 3.29. The maximum atomic E-state index is 10.6. The van der Waals surface area contributed by atoms with Crippen LogP contribution >= 0.6 is 39.1 Å². The average Bonchev–Trinajstić information content (AvgIpc) is 2.49. The summed E-state index contributed by atoms with van der Waals surface area (Å²) >= 11 is 15.5. The first-order valence-corrected chi connectivity index (χ1v) is 7.57. The largest absolute Gasteiger partial charge is 0.495 e. The van der Waals surface area contributed by atoms with Crippen LogP contribution in [0.25, 0.3) is 0 Å². The molecule has 0 amide bonds. The lowest BCUT2D eigenvalue weighted by molar-refractivity contribution is 0.214. The molecule has 112 valence electrons. The molecule has 0 aliphatic carbocycles. The number of hydrogen-bond donors (Lipinski definition) is 1. The van der Waals surface area contributed by atoms with Crippen molar-refractivity contribution in [1.29, 1.82) is 0 Å². The molecule has 1 N–H and O–H groups in total. The number of ether oxygens (including phenoxy) is 2. The minimum atomic E-state index is -0.892. The summed E-state index contributed by atoms with van der Waals surface area (Å²) in [5.74, 6) is 0.872. The molecule has 2 aromatic rings. The summed E-state index contributed by atoms with van der Waals surface area (Å²) in [4.78, 5) is 0. The van der Waals surface area contributed by atoms with Gasteiger partial charge in [0.15, 0.2) is 0 Å². The van der Waals surface area contributed by atoms with Crippen LogP contribution in [0.1, 0.15) is 17.2 Å². The molecule has 0 aliphatic rings. The molecule has 0 aromatic heterocycles. The molecular weight excluding hydrogens is 379 g/mol. The molecule has 1 atom stereocenters. The lowest BCUT2D eigenvalue weighted by Gasteiger charge is -2.18. The molecule has 21 heavy (non-hydrogen) atoms. The summed E-state index contributed by atoms with van der Waals surface area (Å²) in [5, 5.41) is 11.5. The molecule has 0 bridgehead atoms. The number of aliphatic hydroxyl groups is 1. The van der Waals surface area contributed by atoms with E-state index in [2.05, 4.69) is 15.9 Å². The van der Waals surface area contributed by atoms with Crippen molar-refractivity contribution in [2.45, 2.75) is 6.10 Å². The fourth-order valence-corrected chi connectivity index (χ4v) is 2.84. The second-order valence-corrected chi connectivity index (χ2v) is 5.92. The Morgan fingerprint density at radius 1 is 1.10 bits per heavy atom.